The Kier molecular flexibility index (Phi) is 5.86. The molecular formula is C30H29FN2O3. The van der Waals surface area contributed by atoms with Crippen LogP contribution in [-0.2, 0) is 25.1 Å². The van der Waals surface area contributed by atoms with E-state index in [9.17, 15) is 14.3 Å². The average Bonchev–Trinajstić information content (AvgIpc) is 3.34. The molecule has 5 nitrogen and oxygen atoms in total. The molecule has 2 aliphatic heterocycles. The first-order chi connectivity index (χ1) is 17.5. The van der Waals surface area contributed by atoms with Gasteiger partial charge in [0.15, 0.2) is 5.76 Å². The molecule has 0 spiro atoms. The molecule has 0 radical (unpaired) electrons. The number of furan rings is 1. The molecule has 0 unspecified atom stereocenters. The minimum Gasteiger partial charge on any atom is -0.451 e. The lowest BCUT2D eigenvalue weighted by molar-refractivity contribution is -0.0276. The number of benzene rings is 3. The molecule has 1 aromatic heterocycles. The molecule has 1 saturated heterocycles. The molecule has 0 bridgehead atoms. The summed E-state index contributed by atoms with van der Waals surface area (Å²) in [6.45, 7) is 3.50. The molecule has 184 valence electrons. The molecule has 1 N–H and O–H groups in total. The van der Waals surface area contributed by atoms with Crippen LogP contribution in [0, 0.1) is 5.82 Å². The highest BCUT2D eigenvalue weighted by Crippen LogP contribution is 2.35. The fraction of sp³-hybridized carbons (Fsp3) is 0.300. The largest absolute Gasteiger partial charge is 0.451 e. The van der Waals surface area contributed by atoms with Crippen molar-refractivity contribution in [2.75, 3.05) is 19.6 Å². The van der Waals surface area contributed by atoms with E-state index >= 15 is 0 Å². The van der Waals surface area contributed by atoms with Gasteiger partial charge >= 0.3 is 0 Å². The monoisotopic (exact) mass is 484 g/mol. The van der Waals surface area contributed by atoms with Crippen molar-refractivity contribution in [3.8, 4) is 0 Å². The third-order valence-electron chi connectivity index (χ3n) is 7.68. The van der Waals surface area contributed by atoms with Crippen LogP contribution in [0.1, 0.15) is 45.7 Å². The molecular weight excluding hydrogens is 455 g/mol. The van der Waals surface area contributed by atoms with Gasteiger partial charge in [-0.15, -0.1) is 0 Å². The number of hydrogen-bond donors (Lipinski definition) is 1. The smallest absolute Gasteiger partial charge is 0.289 e. The first-order valence-electron chi connectivity index (χ1n) is 12.6. The van der Waals surface area contributed by atoms with E-state index in [4.69, 9.17) is 4.42 Å². The molecule has 0 aliphatic carbocycles. The van der Waals surface area contributed by atoms with Crippen LogP contribution in [0.15, 0.2) is 77.2 Å². The van der Waals surface area contributed by atoms with Crippen molar-refractivity contribution >= 4 is 16.9 Å². The van der Waals surface area contributed by atoms with Crippen molar-refractivity contribution in [2.24, 2.45) is 0 Å². The van der Waals surface area contributed by atoms with E-state index in [1.165, 1.54) is 23.3 Å². The molecule has 0 atom stereocenters. The normalized spacial score (nSPS) is 17.8. The quantitative estimate of drug-likeness (QED) is 0.430. The Balaban J connectivity index is 1.15. The first-order valence-corrected chi connectivity index (χ1v) is 12.6. The maximum absolute atomic E-state index is 13.2. The van der Waals surface area contributed by atoms with Crippen LogP contribution in [-0.4, -0.2) is 40.4 Å². The number of carbonyl (C=O) groups is 1. The lowest BCUT2D eigenvalue weighted by Crippen LogP contribution is -2.42. The van der Waals surface area contributed by atoms with E-state index in [-0.39, 0.29) is 11.7 Å². The van der Waals surface area contributed by atoms with Crippen molar-refractivity contribution in [3.05, 3.63) is 107 Å². The summed E-state index contributed by atoms with van der Waals surface area (Å²) in [6, 6.07) is 22.4. The molecule has 3 aromatic carbocycles. The fourth-order valence-electron chi connectivity index (χ4n) is 5.48. The van der Waals surface area contributed by atoms with Crippen LogP contribution in [0.25, 0.3) is 11.0 Å². The summed E-state index contributed by atoms with van der Waals surface area (Å²) in [5.41, 5.74) is 4.12. The Morgan fingerprint density at radius 2 is 1.69 bits per heavy atom. The summed E-state index contributed by atoms with van der Waals surface area (Å²) in [5, 5.41) is 12.3. The Labute approximate surface area is 209 Å². The number of aliphatic hydroxyl groups is 1. The Hall–Kier alpha value is -3.48. The third kappa shape index (κ3) is 4.43. The number of fused-ring (bicyclic) bond motifs is 2. The van der Waals surface area contributed by atoms with Gasteiger partial charge < -0.3 is 14.4 Å². The molecule has 1 fully saturated rings. The van der Waals surface area contributed by atoms with Gasteiger partial charge in [-0.3, -0.25) is 9.69 Å². The first kappa shape index (κ1) is 23.0. The number of carbonyl (C=O) groups excluding carboxylic acids is 1. The van der Waals surface area contributed by atoms with Crippen molar-refractivity contribution in [3.63, 3.8) is 0 Å². The lowest BCUT2D eigenvalue weighted by atomic mass is 9.84. The summed E-state index contributed by atoms with van der Waals surface area (Å²) >= 11 is 0. The molecule has 0 saturated carbocycles. The number of likely N-dealkylation sites (tertiary alicyclic amines) is 1. The summed E-state index contributed by atoms with van der Waals surface area (Å²) < 4.78 is 19.1. The number of halogens is 1. The second-order valence-electron chi connectivity index (χ2n) is 10.0. The average molecular weight is 485 g/mol. The van der Waals surface area contributed by atoms with E-state index in [0.29, 0.717) is 37.3 Å². The van der Waals surface area contributed by atoms with Crippen molar-refractivity contribution in [1.29, 1.82) is 0 Å². The fourth-order valence-corrected chi connectivity index (χ4v) is 5.48. The summed E-state index contributed by atoms with van der Waals surface area (Å²) in [5.74, 6) is 0.00484. The number of hydrogen-bond acceptors (Lipinski definition) is 4. The number of piperidine rings is 1. The van der Waals surface area contributed by atoms with Gasteiger partial charge in [0.1, 0.15) is 11.4 Å². The highest BCUT2D eigenvalue weighted by atomic mass is 19.1. The van der Waals surface area contributed by atoms with Crippen LogP contribution in [0.2, 0.25) is 0 Å². The van der Waals surface area contributed by atoms with E-state index in [0.717, 1.165) is 42.6 Å². The van der Waals surface area contributed by atoms with Gasteiger partial charge in [0, 0.05) is 38.1 Å². The predicted octanol–water partition coefficient (Wildman–Crippen LogP) is 5.25. The molecule has 1 amide bonds. The zero-order valence-corrected chi connectivity index (χ0v) is 20.1. The number of nitrogens with zero attached hydrogens (tertiary/aromatic N) is 2. The van der Waals surface area contributed by atoms with E-state index < -0.39 is 5.60 Å². The second-order valence-corrected chi connectivity index (χ2v) is 10.0. The van der Waals surface area contributed by atoms with Crippen LogP contribution in [0.5, 0.6) is 0 Å². The van der Waals surface area contributed by atoms with Gasteiger partial charge in [-0.1, -0.05) is 42.5 Å². The number of amides is 1. The minimum atomic E-state index is -0.925. The topological polar surface area (TPSA) is 56.9 Å². The van der Waals surface area contributed by atoms with Crippen LogP contribution in [0.4, 0.5) is 4.39 Å². The Morgan fingerprint density at radius 3 is 2.47 bits per heavy atom. The number of rotatable bonds is 4. The van der Waals surface area contributed by atoms with Gasteiger partial charge in [-0.2, -0.15) is 0 Å². The van der Waals surface area contributed by atoms with Gasteiger partial charge in [-0.25, -0.2) is 4.39 Å². The lowest BCUT2D eigenvalue weighted by Gasteiger charge is -2.38. The summed E-state index contributed by atoms with van der Waals surface area (Å²) in [4.78, 5) is 17.3. The van der Waals surface area contributed by atoms with Crippen molar-refractivity contribution in [2.45, 2.75) is 38.0 Å². The van der Waals surface area contributed by atoms with Crippen molar-refractivity contribution in [1.82, 2.24) is 9.80 Å². The molecule has 6 rings (SSSR count). The van der Waals surface area contributed by atoms with Crippen LogP contribution >= 0.6 is 0 Å². The highest BCUT2D eigenvalue weighted by Gasteiger charge is 2.34. The minimum absolute atomic E-state index is 0.102. The second kappa shape index (κ2) is 9.19. The van der Waals surface area contributed by atoms with E-state index in [1.807, 2.05) is 47.4 Å². The SMILES string of the molecule is O=C(c1cc2cc(C3(O)CCN(Cc4ccc(F)cc4)CC3)ccc2o1)N1CCc2ccccc2C1. The van der Waals surface area contributed by atoms with Crippen LogP contribution < -0.4 is 0 Å². The van der Waals surface area contributed by atoms with E-state index in [2.05, 4.69) is 17.0 Å². The zero-order chi connectivity index (χ0) is 24.7. The summed E-state index contributed by atoms with van der Waals surface area (Å²) in [6.07, 6.45) is 2.06. The predicted molar refractivity (Wildman–Crippen MR) is 136 cm³/mol. The van der Waals surface area contributed by atoms with Gasteiger partial charge in [0.25, 0.3) is 5.91 Å². The summed E-state index contributed by atoms with van der Waals surface area (Å²) in [7, 11) is 0. The van der Waals surface area contributed by atoms with Gasteiger partial charge in [0.05, 0.1) is 5.60 Å². The molecule has 2 aliphatic rings. The van der Waals surface area contributed by atoms with Crippen molar-refractivity contribution < 1.29 is 18.7 Å². The van der Waals surface area contributed by atoms with Gasteiger partial charge in [0.2, 0.25) is 0 Å². The highest BCUT2D eigenvalue weighted by molar-refractivity contribution is 5.96. The Morgan fingerprint density at radius 1 is 0.944 bits per heavy atom. The van der Waals surface area contributed by atoms with E-state index in [1.54, 1.807) is 6.07 Å². The maximum atomic E-state index is 13.2. The maximum Gasteiger partial charge on any atom is 0.289 e. The zero-order valence-electron chi connectivity index (χ0n) is 20.1. The molecule has 4 aromatic rings. The van der Waals surface area contributed by atoms with Gasteiger partial charge in [-0.05, 0) is 71.8 Å². The standard InChI is InChI=1S/C30H29FN2O3/c31-26-8-5-21(6-9-26)19-32-15-12-30(35,13-16-32)25-7-10-27-24(17-25)18-28(36-27)29(34)33-14-11-22-3-1-2-4-23(22)20-33/h1-10,17-18,35H,11-16,19-20H2. The molecule has 3 heterocycles. The van der Waals surface area contributed by atoms with Crippen LogP contribution in [0.3, 0.4) is 0 Å². The molecule has 6 heteroatoms. The Bertz CT molecular complexity index is 1400. The molecule has 36 heavy (non-hydrogen) atoms. The third-order valence-corrected chi connectivity index (χ3v) is 7.68.